The summed E-state index contributed by atoms with van der Waals surface area (Å²) in [6.45, 7) is 7.04. The summed E-state index contributed by atoms with van der Waals surface area (Å²) in [5, 5.41) is 0. The summed E-state index contributed by atoms with van der Waals surface area (Å²) in [7, 11) is 0. The highest BCUT2D eigenvalue weighted by Crippen LogP contribution is 2.37. The zero-order valence-electron chi connectivity index (χ0n) is 15.4. The molecule has 1 aromatic carbocycles. The summed E-state index contributed by atoms with van der Waals surface area (Å²) in [6, 6.07) is 9.40. The zero-order valence-corrected chi connectivity index (χ0v) is 15.4. The Morgan fingerprint density at radius 3 is 2.72 bits per heavy atom. The number of hydrogen-bond acceptors (Lipinski definition) is 3. The fourth-order valence-corrected chi connectivity index (χ4v) is 4.81. The Morgan fingerprint density at radius 1 is 1.20 bits per heavy atom. The minimum absolute atomic E-state index is 0.0326. The van der Waals surface area contributed by atoms with Crippen molar-refractivity contribution in [1.29, 1.82) is 0 Å². The van der Waals surface area contributed by atoms with Crippen LogP contribution in [0.2, 0.25) is 0 Å². The van der Waals surface area contributed by atoms with E-state index >= 15 is 0 Å². The first-order valence-corrected chi connectivity index (χ1v) is 9.91. The highest BCUT2D eigenvalue weighted by Gasteiger charge is 2.45. The molecule has 0 radical (unpaired) electrons. The van der Waals surface area contributed by atoms with E-state index in [1.807, 2.05) is 0 Å². The number of aryl methyl sites for hydroxylation is 1. The number of likely N-dealkylation sites (tertiary alicyclic amines) is 2. The third-order valence-corrected chi connectivity index (χ3v) is 6.25. The normalized spacial score (nSPS) is 30.5. The van der Waals surface area contributed by atoms with Gasteiger partial charge in [-0.05, 0) is 43.2 Å². The van der Waals surface area contributed by atoms with Crippen molar-refractivity contribution in [3.63, 3.8) is 0 Å². The van der Waals surface area contributed by atoms with Crippen LogP contribution in [0.5, 0.6) is 0 Å². The molecule has 4 rings (SSSR count). The summed E-state index contributed by atoms with van der Waals surface area (Å²) in [6.07, 6.45) is 5.99. The van der Waals surface area contributed by atoms with Gasteiger partial charge >= 0.3 is 0 Å². The molecular formula is C21H30N2O2. The second-order valence-corrected chi connectivity index (χ2v) is 8.00. The van der Waals surface area contributed by atoms with Crippen LogP contribution in [-0.2, 0) is 22.5 Å². The van der Waals surface area contributed by atoms with Crippen molar-refractivity contribution >= 4 is 5.91 Å². The molecule has 0 aliphatic carbocycles. The van der Waals surface area contributed by atoms with Gasteiger partial charge in [-0.3, -0.25) is 9.69 Å². The topological polar surface area (TPSA) is 32.8 Å². The Kier molecular flexibility index (Phi) is 4.83. The Bertz CT molecular complexity index is 615. The highest BCUT2D eigenvalue weighted by molar-refractivity contribution is 5.78. The number of benzene rings is 1. The molecule has 1 aromatic rings. The number of hydrogen-bond donors (Lipinski definition) is 0. The molecule has 0 aromatic heterocycles. The van der Waals surface area contributed by atoms with Gasteiger partial charge in [-0.2, -0.15) is 0 Å². The largest absolute Gasteiger partial charge is 0.373 e. The van der Waals surface area contributed by atoms with Gasteiger partial charge in [-0.15, -0.1) is 0 Å². The van der Waals surface area contributed by atoms with E-state index in [1.165, 1.54) is 11.1 Å². The van der Waals surface area contributed by atoms with Crippen LogP contribution in [0.1, 0.15) is 50.2 Å². The molecule has 0 unspecified atom stereocenters. The minimum Gasteiger partial charge on any atom is -0.373 e. The number of rotatable bonds is 4. The maximum Gasteiger partial charge on any atom is 0.222 e. The number of carbonyl (C=O) groups excluding carboxylic acids is 1. The predicted molar refractivity (Wildman–Crippen MR) is 98.4 cm³/mol. The van der Waals surface area contributed by atoms with Gasteiger partial charge in [0.2, 0.25) is 5.91 Å². The maximum absolute atomic E-state index is 12.1. The molecule has 3 aliphatic heterocycles. The third kappa shape index (κ3) is 3.61. The average molecular weight is 342 g/mol. The van der Waals surface area contributed by atoms with Crippen molar-refractivity contribution in [2.75, 3.05) is 26.2 Å². The van der Waals surface area contributed by atoms with Gasteiger partial charge in [0.25, 0.3) is 0 Å². The van der Waals surface area contributed by atoms with E-state index in [0.717, 1.165) is 71.3 Å². The molecule has 4 heteroatoms. The van der Waals surface area contributed by atoms with Gasteiger partial charge in [0.05, 0.1) is 5.60 Å². The monoisotopic (exact) mass is 342 g/mol. The molecular weight excluding hydrogens is 312 g/mol. The van der Waals surface area contributed by atoms with Crippen molar-refractivity contribution < 1.29 is 9.53 Å². The second-order valence-electron chi connectivity index (χ2n) is 8.00. The number of ether oxygens (including phenoxy) is 1. The first-order chi connectivity index (χ1) is 12.2. The fraction of sp³-hybridized carbons (Fsp3) is 0.667. The van der Waals surface area contributed by atoms with Gasteiger partial charge in [0.15, 0.2) is 0 Å². The first kappa shape index (κ1) is 17.0. The van der Waals surface area contributed by atoms with Gasteiger partial charge in [-0.25, -0.2) is 0 Å². The fourth-order valence-electron chi connectivity index (χ4n) is 4.81. The first-order valence-electron chi connectivity index (χ1n) is 9.91. The van der Waals surface area contributed by atoms with Crippen LogP contribution in [0, 0.1) is 0 Å². The van der Waals surface area contributed by atoms with E-state index in [0.29, 0.717) is 11.9 Å². The molecule has 0 saturated carbocycles. The van der Waals surface area contributed by atoms with Gasteiger partial charge in [0, 0.05) is 45.2 Å². The standard InChI is InChI=1S/C21H30N2O2/c1-2-17-5-7-18(8-6-17)15-22-12-10-21(16-22)14-19(9-13-25-21)23-11-3-4-20(23)24/h5-8,19H,2-4,9-16H2,1H3/t19-,21-/m1/s1. The lowest BCUT2D eigenvalue weighted by atomic mass is 9.89. The summed E-state index contributed by atoms with van der Waals surface area (Å²) in [4.78, 5) is 16.8. The maximum atomic E-state index is 12.1. The van der Waals surface area contributed by atoms with Gasteiger partial charge < -0.3 is 9.64 Å². The Labute approximate surface area is 151 Å². The second kappa shape index (κ2) is 7.08. The molecule has 136 valence electrons. The molecule has 3 aliphatic rings. The SMILES string of the molecule is CCc1ccc(CN2CC[C@@]3(C[C@H](N4CCCC4=O)CCO3)C2)cc1. The predicted octanol–water partition coefficient (Wildman–Crippen LogP) is 2.99. The quantitative estimate of drug-likeness (QED) is 0.843. The minimum atomic E-state index is -0.0326. The summed E-state index contributed by atoms with van der Waals surface area (Å²) >= 11 is 0. The van der Waals surface area contributed by atoms with Crippen LogP contribution in [0.3, 0.4) is 0 Å². The van der Waals surface area contributed by atoms with Crippen LogP contribution in [0.15, 0.2) is 24.3 Å². The molecule has 0 N–H and O–H groups in total. The van der Waals surface area contributed by atoms with E-state index < -0.39 is 0 Å². The molecule has 0 bridgehead atoms. The smallest absolute Gasteiger partial charge is 0.222 e. The molecule has 4 nitrogen and oxygen atoms in total. The molecule has 3 fully saturated rings. The lowest BCUT2D eigenvalue weighted by Crippen LogP contribution is -2.50. The average Bonchev–Trinajstić information content (AvgIpc) is 3.22. The van der Waals surface area contributed by atoms with Crippen molar-refractivity contribution in [2.24, 2.45) is 0 Å². The molecule has 3 heterocycles. The van der Waals surface area contributed by atoms with Crippen LogP contribution in [0.25, 0.3) is 0 Å². The van der Waals surface area contributed by atoms with Crippen LogP contribution in [0.4, 0.5) is 0 Å². The lowest BCUT2D eigenvalue weighted by Gasteiger charge is -2.41. The number of carbonyl (C=O) groups is 1. The van der Waals surface area contributed by atoms with Crippen molar-refractivity contribution in [2.45, 2.75) is 63.6 Å². The van der Waals surface area contributed by atoms with Crippen LogP contribution < -0.4 is 0 Å². The zero-order chi connectivity index (χ0) is 17.3. The van der Waals surface area contributed by atoms with Crippen molar-refractivity contribution in [3.8, 4) is 0 Å². The molecule has 1 amide bonds. The Morgan fingerprint density at radius 2 is 2.00 bits per heavy atom. The van der Waals surface area contributed by atoms with Crippen LogP contribution >= 0.6 is 0 Å². The number of amides is 1. The van der Waals surface area contributed by atoms with Crippen molar-refractivity contribution in [3.05, 3.63) is 35.4 Å². The lowest BCUT2D eigenvalue weighted by molar-refractivity contribution is -0.137. The van der Waals surface area contributed by atoms with E-state index in [-0.39, 0.29) is 5.60 Å². The summed E-state index contributed by atoms with van der Waals surface area (Å²) in [5.74, 6) is 0.355. The van der Waals surface area contributed by atoms with E-state index in [2.05, 4.69) is 41.0 Å². The van der Waals surface area contributed by atoms with E-state index in [4.69, 9.17) is 4.74 Å². The van der Waals surface area contributed by atoms with Crippen molar-refractivity contribution in [1.82, 2.24) is 9.80 Å². The number of nitrogens with zero attached hydrogens (tertiary/aromatic N) is 2. The van der Waals surface area contributed by atoms with Gasteiger partial charge in [-0.1, -0.05) is 31.2 Å². The van der Waals surface area contributed by atoms with E-state index in [9.17, 15) is 4.79 Å². The van der Waals surface area contributed by atoms with Gasteiger partial charge in [0.1, 0.15) is 0 Å². The summed E-state index contributed by atoms with van der Waals surface area (Å²) in [5.41, 5.74) is 2.75. The Balaban J connectivity index is 1.37. The molecule has 25 heavy (non-hydrogen) atoms. The molecule has 3 saturated heterocycles. The Hall–Kier alpha value is -1.39. The van der Waals surface area contributed by atoms with Crippen LogP contribution in [-0.4, -0.2) is 53.6 Å². The highest BCUT2D eigenvalue weighted by atomic mass is 16.5. The third-order valence-electron chi connectivity index (χ3n) is 6.25. The van der Waals surface area contributed by atoms with E-state index in [1.54, 1.807) is 0 Å². The molecule has 2 atom stereocenters. The summed E-state index contributed by atoms with van der Waals surface area (Å²) < 4.78 is 6.28. The molecule has 1 spiro atoms.